The van der Waals surface area contributed by atoms with E-state index in [0.29, 0.717) is 19.3 Å². The van der Waals surface area contributed by atoms with Gasteiger partial charge in [-0.2, -0.15) is 0 Å². The lowest BCUT2D eigenvalue weighted by atomic mass is 10.0. The Morgan fingerprint density at radius 3 is 0.972 bits per heavy atom. The number of carbonyl (C=O) groups excluding carboxylic acids is 3. The van der Waals surface area contributed by atoms with Gasteiger partial charge in [-0.15, -0.1) is 0 Å². The van der Waals surface area contributed by atoms with Crippen molar-refractivity contribution in [1.29, 1.82) is 0 Å². The molecule has 0 aliphatic rings. The maximum atomic E-state index is 12.8. The Balaban J connectivity index is 4.18. The summed E-state index contributed by atoms with van der Waals surface area (Å²) in [5.41, 5.74) is 0. The highest BCUT2D eigenvalue weighted by atomic mass is 16.6. The quantitative estimate of drug-likeness (QED) is 0.0261. The number of allylic oxidation sites excluding steroid dienone is 14. The summed E-state index contributed by atoms with van der Waals surface area (Å²) in [6.45, 7) is 6.42. The largest absolute Gasteiger partial charge is 0.462 e. The Kier molecular flexibility index (Phi) is 56.3. The van der Waals surface area contributed by atoms with Gasteiger partial charge in [-0.3, -0.25) is 14.4 Å². The van der Waals surface area contributed by atoms with Crippen molar-refractivity contribution in [1.82, 2.24) is 0 Å². The molecule has 0 rings (SSSR count). The van der Waals surface area contributed by atoms with Gasteiger partial charge in [0.05, 0.1) is 0 Å². The highest BCUT2D eigenvalue weighted by molar-refractivity contribution is 5.71. The molecule has 0 aliphatic heterocycles. The van der Waals surface area contributed by atoms with Crippen molar-refractivity contribution < 1.29 is 28.6 Å². The summed E-state index contributed by atoms with van der Waals surface area (Å²) >= 11 is 0. The molecule has 0 fully saturated rings. The highest BCUT2D eigenvalue weighted by Crippen LogP contribution is 2.16. The Bertz CT molecular complexity index is 1370. The second-order valence-electron chi connectivity index (χ2n) is 19.9. The van der Waals surface area contributed by atoms with Crippen LogP contribution in [0.1, 0.15) is 290 Å². The highest BCUT2D eigenvalue weighted by Gasteiger charge is 2.19. The van der Waals surface area contributed by atoms with Gasteiger partial charge in [-0.1, -0.05) is 260 Å². The van der Waals surface area contributed by atoms with Crippen molar-refractivity contribution >= 4 is 17.9 Å². The zero-order valence-electron chi connectivity index (χ0n) is 46.7. The molecule has 408 valence electrons. The summed E-state index contributed by atoms with van der Waals surface area (Å²) in [6.07, 6.45) is 77.6. The number of rotatable bonds is 54. The fourth-order valence-electron chi connectivity index (χ4n) is 8.35. The van der Waals surface area contributed by atoms with E-state index >= 15 is 0 Å². The molecule has 0 aromatic rings. The van der Waals surface area contributed by atoms with Crippen molar-refractivity contribution in [2.75, 3.05) is 13.2 Å². The second-order valence-corrected chi connectivity index (χ2v) is 19.9. The van der Waals surface area contributed by atoms with Gasteiger partial charge in [0.2, 0.25) is 0 Å². The van der Waals surface area contributed by atoms with Crippen LogP contribution in [0.5, 0.6) is 0 Å². The van der Waals surface area contributed by atoms with Crippen molar-refractivity contribution in [2.24, 2.45) is 0 Å². The zero-order valence-corrected chi connectivity index (χ0v) is 46.7. The van der Waals surface area contributed by atoms with Crippen LogP contribution in [0.2, 0.25) is 0 Å². The molecular formula is C65H112O6. The molecule has 0 N–H and O–H groups in total. The number of hydrogen-bond acceptors (Lipinski definition) is 6. The smallest absolute Gasteiger partial charge is 0.306 e. The van der Waals surface area contributed by atoms with Gasteiger partial charge in [0.15, 0.2) is 6.10 Å². The van der Waals surface area contributed by atoms with Gasteiger partial charge in [-0.05, 0) is 96.3 Å². The average molecular weight is 990 g/mol. The van der Waals surface area contributed by atoms with Crippen LogP contribution >= 0.6 is 0 Å². The molecule has 0 heterocycles. The molecule has 0 saturated carbocycles. The van der Waals surface area contributed by atoms with Crippen LogP contribution in [0, 0.1) is 0 Å². The molecule has 0 aromatic carbocycles. The van der Waals surface area contributed by atoms with Gasteiger partial charge < -0.3 is 14.2 Å². The normalized spacial score (nSPS) is 12.7. The fourth-order valence-corrected chi connectivity index (χ4v) is 8.35. The van der Waals surface area contributed by atoms with E-state index in [4.69, 9.17) is 14.2 Å². The van der Waals surface area contributed by atoms with Crippen molar-refractivity contribution in [3.63, 3.8) is 0 Å². The third-order valence-electron chi connectivity index (χ3n) is 12.9. The molecule has 0 radical (unpaired) electrons. The fraction of sp³-hybridized carbons (Fsp3) is 0.738. The molecule has 0 aliphatic carbocycles. The van der Waals surface area contributed by atoms with E-state index in [1.165, 1.54) is 161 Å². The molecule has 0 bridgehead atoms. The van der Waals surface area contributed by atoms with E-state index in [9.17, 15) is 14.4 Å². The van der Waals surface area contributed by atoms with E-state index < -0.39 is 12.1 Å². The lowest BCUT2D eigenvalue weighted by Crippen LogP contribution is -2.30. The third kappa shape index (κ3) is 57.4. The van der Waals surface area contributed by atoms with Crippen LogP contribution < -0.4 is 0 Å². The van der Waals surface area contributed by atoms with Crippen molar-refractivity contribution in [3.8, 4) is 0 Å². The molecule has 0 amide bonds. The Morgan fingerprint density at radius 1 is 0.296 bits per heavy atom. The summed E-state index contributed by atoms with van der Waals surface area (Å²) in [7, 11) is 0. The SMILES string of the molecule is CC/C=C\C/C=C\C/C=C\C/C=C\CCC(=O)OC(COC(=O)CCCCCCC/C=C\CCCC)COC(=O)CCCCCCCCCCCCCCCCCCC/C=C\C/C=C\CCCCCCC. The summed E-state index contributed by atoms with van der Waals surface area (Å²) in [5.74, 6) is -0.994. The van der Waals surface area contributed by atoms with Gasteiger partial charge in [-0.25, -0.2) is 0 Å². The predicted molar refractivity (Wildman–Crippen MR) is 307 cm³/mol. The maximum absolute atomic E-state index is 12.8. The van der Waals surface area contributed by atoms with Gasteiger partial charge in [0.25, 0.3) is 0 Å². The van der Waals surface area contributed by atoms with Crippen LogP contribution in [-0.4, -0.2) is 37.2 Å². The minimum atomic E-state index is -0.816. The molecule has 6 nitrogen and oxygen atoms in total. The van der Waals surface area contributed by atoms with E-state index in [-0.39, 0.29) is 31.6 Å². The molecule has 0 spiro atoms. The molecule has 0 saturated heterocycles. The Hall–Kier alpha value is -3.41. The third-order valence-corrected chi connectivity index (χ3v) is 12.9. The van der Waals surface area contributed by atoms with Crippen LogP contribution in [0.25, 0.3) is 0 Å². The van der Waals surface area contributed by atoms with E-state index in [1.54, 1.807) is 0 Å². The van der Waals surface area contributed by atoms with Crippen LogP contribution in [0.4, 0.5) is 0 Å². The maximum Gasteiger partial charge on any atom is 0.306 e. The predicted octanol–water partition coefficient (Wildman–Crippen LogP) is 20.3. The number of carbonyl (C=O) groups is 3. The first-order chi connectivity index (χ1) is 35.0. The first kappa shape index (κ1) is 67.6. The summed E-state index contributed by atoms with van der Waals surface area (Å²) in [4.78, 5) is 38.0. The van der Waals surface area contributed by atoms with Gasteiger partial charge >= 0.3 is 17.9 Å². The van der Waals surface area contributed by atoms with Gasteiger partial charge in [0, 0.05) is 19.3 Å². The number of esters is 3. The van der Waals surface area contributed by atoms with Crippen LogP contribution in [0.3, 0.4) is 0 Å². The summed E-state index contributed by atoms with van der Waals surface area (Å²) in [6, 6.07) is 0. The first-order valence-corrected chi connectivity index (χ1v) is 30.1. The monoisotopic (exact) mass is 989 g/mol. The molecule has 71 heavy (non-hydrogen) atoms. The van der Waals surface area contributed by atoms with Crippen LogP contribution in [0.15, 0.2) is 85.1 Å². The molecule has 1 unspecified atom stereocenters. The number of hydrogen-bond donors (Lipinski definition) is 0. The second kappa shape index (κ2) is 59.2. The molecule has 0 aromatic heterocycles. The Labute approximate surface area is 439 Å². The lowest BCUT2D eigenvalue weighted by molar-refractivity contribution is -0.166. The molecule has 6 heteroatoms. The van der Waals surface area contributed by atoms with Crippen molar-refractivity contribution in [3.05, 3.63) is 85.1 Å². The summed E-state index contributed by atoms with van der Waals surface area (Å²) < 4.78 is 16.7. The van der Waals surface area contributed by atoms with E-state index in [0.717, 1.165) is 83.5 Å². The van der Waals surface area contributed by atoms with Crippen LogP contribution in [-0.2, 0) is 28.6 Å². The summed E-state index contributed by atoms with van der Waals surface area (Å²) in [5, 5.41) is 0. The zero-order chi connectivity index (χ0) is 51.4. The molecular weight excluding hydrogens is 877 g/mol. The minimum absolute atomic E-state index is 0.106. The average Bonchev–Trinajstić information content (AvgIpc) is 3.37. The minimum Gasteiger partial charge on any atom is -0.462 e. The van der Waals surface area contributed by atoms with E-state index in [1.807, 2.05) is 12.2 Å². The lowest BCUT2D eigenvalue weighted by Gasteiger charge is -2.18. The van der Waals surface area contributed by atoms with E-state index in [2.05, 4.69) is 93.7 Å². The number of unbranched alkanes of at least 4 members (excludes halogenated alkanes) is 29. The standard InChI is InChI=1S/C65H112O6/c1-4-7-10-13-16-19-22-24-25-26-27-28-29-30-31-32-33-34-35-36-37-38-39-41-43-46-49-52-55-58-64(67)70-61-62(60-69-63(66)57-54-51-48-45-42-21-18-15-12-9-6-3)71-65(68)59-56-53-50-47-44-40-23-20-17-14-11-8-5-2/h8,11,15,17-18,20,22,24,26-27,40,44,50,53,62H,4-7,9-10,12-14,16,19,21,23,25,28-39,41-43,45-49,51-52,54-61H2,1-3H3/b11-8-,18-15-,20-17-,24-22-,27-26-,44-40-,53-50-. The Morgan fingerprint density at radius 2 is 0.592 bits per heavy atom. The van der Waals surface area contributed by atoms with Gasteiger partial charge in [0.1, 0.15) is 13.2 Å². The number of ether oxygens (including phenoxy) is 3. The first-order valence-electron chi connectivity index (χ1n) is 30.1. The molecule has 1 atom stereocenters. The topological polar surface area (TPSA) is 78.9 Å². The van der Waals surface area contributed by atoms with Crippen molar-refractivity contribution in [2.45, 2.75) is 297 Å².